The molecule has 0 saturated heterocycles. The van der Waals surface area contributed by atoms with Gasteiger partial charge in [-0.1, -0.05) is 13.8 Å². The second-order valence-corrected chi connectivity index (χ2v) is 4.04. The first kappa shape index (κ1) is 13.2. The van der Waals surface area contributed by atoms with Crippen LogP contribution in [0.5, 0.6) is 0 Å². The molecular weight excluding hydrogens is 178 g/mol. The summed E-state index contributed by atoms with van der Waals surface area (Å²) < 4.78 is 0. The average molecular weight is 201 g/mol. The van der Waals surface area contributed by atoms with Crippen molar-refractivity contribution in [3.63, 3.8) is 0 Å². The Morgan fingerprint density at radius 1 is 1.43 bits per heavy atom. The summed E-state index contributed by atoms with van der Waals surface area (Å²) >= 11 is 0. The topological polar surface area (TPSA) is 70.6 Å². The Morgan fingerprint density at radius 2 is 2.07 bits per heavy atom. The number of rotatable bonds is 6. The number of guanidine groups is 1. The molecule has 0 heterocycles. The molecule has 0 amide bonds. The van der Waals surface area contributed by atoms with Crippen molar-refractivity contribution >= 4 is 5.96 Å². The van der Waals surface area contributed by atoms with E-state index in [2.05, 4.69) is 24.2 Å². The molecule has 4 N–H and O–H groups in total. The Kier molecular flexibility index (Phi) is 7.20. The van der Waals surface area contributed by atoms with Gasteiger partial charge >= 0.3 is 0 Å². The number of nitrogens with one attached hydrogen (secondary N) is 1. The van der Waals surface area contributed by atoms with E-state index in [1.165, 1.54) is 0 Å². The van der Waals surface area contributed by atoms with Gasteiger partial charge in [0.05, 0.1) is 6.10 Å². The fourth-order valence-electron chi connectivity index (χ4n) is 0.951. The van der Waals surface area contributed by atoms with Gasteiger partial charge in [-0.05, 0) is 25.7 Å². The molecule has 0 aromatic carbocycles. The fourth-order valence-corrected chi connectivity index (χ4v) is 0.951. The maximum atomic E-state index is 9.00. The number of nitrogens with zero attached hydrogens (tertiary/aromatic N) is 1. The fraction of sp³-hybridized carbons (Fsp3) is 0.900. The molecule has 0 bridgehead atoms. The van der Waals surface area contributed by atoms with Crippen LogP contribution in [0.4, 0.5) is 0 Å². The summed E-state index contributed by atoms with van der Waals surface area (Å²) in [6.45, 7) is 7.53. The summed E-state index contributed by atoms with van der Waals surface area (Å²) in [5.74, 6) is 1.04. The zero-order chi connectivity index (χ0) is 11.0. The van der Waals surface area contributed by atoms with E-state index in [0.717, 1.165) is 25.9 Å². The highest BCUT2D eigenvalue weighted by atomic mass is 16.3. The van der Waals surface area contributed by atoms with E-state index in [-0.39, 0.29) is 6.10 Å². The first-order valence-electron chi connectivity index (χ1n) is 5.24. The summed E-state index contributed by atoms with van der Waals surface area (Å²) in [4.78, 5) is 4.16. The summed E-state index contributed by atoms with van der Waals surface area (Å²) in [5, 5.41) is 12.0. The molecular formula is C10H23N3O. The molecule has 0 aromatic heterocycles. The van der Waals surface area contributed by atoms with Crippen molar-refractivity contribution in [1.82, 2.24) is 5.32 Å². The van der Waals surface area contributed by atoms with Crippen molar-refractivity contribution in [2.45, 2.75) is 39.7 Å². The van der Waals surface area contributed by atoms with Gasteiger partial charge in [0.1, 0.15) is 0 Å². The van der Waals surface area contributed by atoms with Crippen molar-refractivity contribution < 1.29 is 5.11 Å². The quantitative estimate of drug-likeness (QED) is 0.337. The van der Waals surface area contributed by atoms with Gasteiger partial charge < -0.3 is 16.2 Å². The predicted molar refractivity (Wildman–Crippen MR) is 60.2 cm³/mol. The van der Waals surface area contributed by atoms with E-state index < -0.39 is 0 Å². The molecule has 0 aliphatic heterocycles. The zero-order valence-electron chi connectivity index (χ0n) is 9.45. The van der Waals surface area contributed by atoms with E-state index in [0.29, 0.717) is 11.9 Å². The van der Waals surface area contributed by atoms with Crippen LogP contribution >= 0.6 is 0 Å². The molecule has 0 aliphatic rings. The lowest BCUT2D eigenvalue weighted by molar-refractivity contribution is 0.182. The highest BCUT2D eigenvalue weighted by Crippen LogP contribution is 1.93. The van der Waals surface area contributed by atoms with Crippen LogP contribution < -0.4 is 11.1 Å². The van der Waals surface area contributed by atoms with Crippen LogP contribution in [-0.4, -0.2) is 30.3 Å². The van der Waals surface area contributed by atoms with Crippen molar-refractivity contribution in [2.75, 3.05) is 13.1 Å². The largest absolute Gasteiger partial charge is 0.393 e. The molecule has 84 valence electrons. The van der Waals surface area contributed by atoms with E-state index in [1.807, 2.05) is 0 Å². The van der Waals surface area contributed by atoms with Crippen LogP contribution in [0.2, 0.25) is 0 Å². The lowest BCUT2D eigenvalue weighted by Crippen LogP contribution is -2.33. The van der Waals surface area contributed by atoms with E-state index in [4.69, 9.17) is 10.8 Å². The summed E-state index contributed by atoms with van der Waals surface area (Å²) in [6, 6.07) is 0. The zero-order valence-corrected chi connectivity index (χ0v) is 9.45. The Labute approximate surface area is 86.6 Å². The molecule has 0 saturated carbocycles. The summed E-state index contributed by atoms with van der Waals surface area (Å²) in [7, 11) is 0. The van der Waals surface area contributed by atoms with Crippen molar-refractivity contribution in [3.8, 4) is 0 Å². The van der Waals surface area contributed by atoms with E-state index >= 15 is 0 Å². The molecule has 0 spiro atoms. The first-order chi connectivity index (χ1) is 6.52. The van der Waals surface area contributed by atoms with Gasteiger partial charge in [-0.25, -0.2) is 0 Å². The monoisotopic (exact) mass is 201 g/mol. The highest BCUT2D eigenvalue weighted by Gasteiger charge is 1.96. The first-order valence-corrected chi connectivity index (χ1v) is 5.24. The third-order valence-corrected chi connectivity index (χ3v) is 1.73. The molecule has 0 aliphatic carbocycles. The van der Waals surface area contributed by atoms with E-state index in [9.17, 15) is 0 Å². The second-order valence-electron chi connectivity index (χ2n) is 4.04. The molecule has 0 fully saturated rings. The number of hydrogen-bond donors (Lipinski definition) is 3. The molecule has 4 nitrogen and oxygen atoms in total. The van der Waals surface area contributed by atoms with Crippen LogP contribution in [0.15, 0.2) is 4.99 Å². The second kappa shape index (κ2) is 7.62. The Bertz CT molecular complexity index is 167. The molecule has 1 atom stereocenters. The molecule has 0 aromatic rings. The van der Waals surface area contributed by atoms with Gasteiger partial charge in [0, 0.05) is 13.1 Å². The highest BCUT2D eigenvalue weighted by molar-refractivity contribution is 5.77. The average Bonchev–Trinajstić information content (AvgIpc) is 2.08. The van der Waals surface area contributed by atoms with Gasteiger partial charge in [0.15, 0.2) is 5.96 Å². The molecule has 14 heavy (non-hydrogen) atoms. The van der Waals surface area contributed by atoms with Crippen molar-refractivity contribution in [3.05, 3.63) is 0 Å². The SMILES string of the molecule is CC(C)CN=C(N)NCCCC(C)O. The van der Waals surface area contributed by atoms with Crippen molar-refractivity contribution in [1.29, 1.82) is 0 Å². The summed E-state index contributed by atoms with van der Waals surface area (Å²) in [5.41, 5.74) is 5.62. The molecule has 4 heteroatoms. The van der Waals surface area contributed by atoms with Gasteiger partial charge in [-0.3, -0.25) is 4.99 Å². The lowest BCUT2D eigenvalue weighted by atomic mass is 10.2. The predicted octanol–water partition coefficient (Wildman–Crippen LogP) is 0.708. The summed E-state index contributed by atoms with van der Waals surface area (Å²) in [6.07, 6.45) is 1.48. The van der Waals surface area contributed by atoms with Crippen LogP contribution in [0.25, 0.3) is 0 Å². The van der Waals surface area contributed by atoms with Gasteiger partial charge in [0.25, 0.3) is 0 Å². The Morgan fingerprint density at radius 3 is 2.57 bits per heavy atom. The Balaban J connectivity index is 3.43. The maximum absolute atomic E-state index is 9.00. The maximum Gasteiger partial charge on any atom is 0.188 e. The van der Waals surface area contributed by atoms with Gasteiger partial charge in [-0.2, -0.15) is 0 Å². The molecule has 1 unspecified atom stereocenters. The minimum absolute atomic E-state index is 0.231. The minimum atomic E-state index is -0.231. The smallest absolute Gasteiger partial charge is 0.188 e. The standard InChI is InChI=1S/C10H23N3O/c1-8(2)7-13-10(11)12-6-4-5-9(3)14/h8-9,14H,4-7H2,1-3H3,(H3,11,12,13). The molecule has 0 radical (unpaired) electrons. The number of aliphatic hydroxyl groups is 1. The van der Waals surface area contributed by atoms with E-state index in [1.54, 1.807) is 6.92 Å². The van der Waals surface area contributed by atoms with Gasteiger partial charge in [-0.15, -0.1) is 0 Å². The number of aliphatic imine (C=N–C) groups is 1. The molecule has 0 rings (SSSR count). The van der Waals surface area contributed by atoms with Crippen molar-refractivity contribution in [2.24, 2.45) is 16.6 Å². The lowest BCUT2D eigenvalue weighted by Gasteiger charge is -2.07. The van der Waals surface area contributed by atoms with Gasteiger partial charge in [0.2, 0.25) is 0 Å². The van der Waals surface area contributed by atoms with Crippen LogP contribution in [-0.2, 0) is 0 Å². The van der Waals surface area contributed by atoms with Crippen LogP contribution in [0, 0.1) is 5.92 Å². The normalized spacial score (nSPS) is 14.5. The van der Waals surface area contributed by atoms with Crippen LogP contribution in [0.3, 0.4) is 0 Å². The number of hydrogen-bond acceptors (Lipinski definition) is 2. The Hall–Kier alpha value is -0.770. The number of nitrogens with two attached hydrogens (primary N) is 1. The third-order valence-electron chi connectivity index (χ3n) is 1.73. The third kappa shape index (κ3) is 9.32. The number of aliphatic hydroxyl groups excluding tert-OH is 1. The minimum Gasteiger partial charge on any atom is -0.393 e. The van der Waals surface area contributed by atoms with Crippen LogP contribution in [0.1, 0.15) is 33.6 Å².